The van der Waals surface area contributed by atoms with Crippen molar-refractivity contribution in [1.29, 1.82) is 0 Å². The van der Waals surface area contributed by atoms with Gasteiger partial charge in [0.25, 0.3) is 0 Å². The quantitative estimate of drug-likeness (QED) is 0.0752. The number of thiazole rings is 1. The van der Waals surface area contributed by atoms with E-state index >= 15 is 0 Å². The number of rotatable bonds is 15. The molecule has 0 saturated carbocycles. The van der Waals surface area contributed by atoms with Crippen LogP contribution in [0.4, 0.5) is 13.2 Å². The van der Waals surface area contributed by atoms with E-state index in [-0.39, 0.29) is 18.5 Å². The maximum absolute atomic E-state index is 12.9. The van der Waals surface area contributed by atoms with Crippen LogP contribution in [0, 0.1) is 5.92 Å². The van der Waals surface area contributed by atoms with Gasteiger partial charge < -0.3 is 14.3 Å². The fourth-order valence-electron chi connectivity index (χ4n) is 4.65. The van der Waals surface area contributed by atoms with Crippen molar-refractivity contribution in [1.82, 2.24) is 4.98 Å². The third-order valence-electron chi connectivity index (χ3n) is 6.97. The van der Waals surface area contributed by atoms with Crippen molar-refractivity contribution < 1.29 is 32.2 Å². The summed E-state index contributed by atoms with van der Waals surface area (Å²) in [6.45, 7) is 2.39. The van der Waals surface area contributed by atoms with Gasteiger partial charge in [-0.25, -0.2) is 9.78 Å². The number of alkyl halides is 3. The van der Waals surface area contributed by atoms with Crippen LogP contribution in [-0.2, 0) is 28.7 Å². The molecular formula is C35H34F3NO4S. The lowest BCUT2D eigenvalue weighted by Gasteiger charge is -2.14. The van der Waals surface area contributed by atoms with Gasteiger partial charge in [-0.15, -0.1) is 11.3 Å². The third kappa shape index (κ3) is 9.64. The number of ether oxygens (including phenoxy) is 2. The number of carbonyl (C=O) groups excluding carboxylic acids is 2. The minimum absolute atomic E-state index is 0.208. The van der Waals surface area contributed by atoms with Gasteiger partial charge >= 0.3 is 12.1 Å². The average molecular weight is 622 g/mol. The number of hydrogen-bond acceptors (Lipinski definition) is 6. The second kappa shape index (κ2) is 16.0. The Morgan fingerprint density at radius 2 is 1.70 bits per heavy atom. The predicted octanol–water partition coefficient (Wildman–Crippen LogP) is 9.22. The number of unbranched alkanes of at least 4 members (excludes halogenated alkanes) is 2. The van der Waals surface area contributed by atoms with Gasteiger partial charge in [0, 0.05) is 22.9 Å². The van der Waals surface area contributed by atoms with Gasteiger partial charge in [0.05, 0.1) is 17.9 Å². The van der Waals surface area contributed by atoms with Crippen molar-refractivity contribution >= 4 is 29.7 Å². The summed E-state index contributed by atoms with van der Waals surface area (Å²) in [6.07, 6.45) is 4.69. The van der Waals surface area contributed by atoms with Crippen molar-refractivity contribution in [3.63, 3.8) is 0 Å². The molecule has 0 aliphatic rings. The lowest BCUT2D eigenvalue weighted by atomic mass is 9.92. The molecule has 230 valence electrons. The van der Waals surface area contributed by atoms with Gasteiger partial charge in [-0.2, -0.15) is 13.2 Å². The Morgan fingerprint density at radius 3 is 2.39 bits per heavy atom. The summed E-state index contributed by atoms with van der Waals surface area (Å²) in [6, 6.07) is 22.3. The Morgan fingerprint density at radius 1 is 0.977 bits per heavy atom. The number of aldehydes is 1. The lowest BCUT2D eigenvalue weighted by Crippen LogP contribution is -2.06. The van der Waals surface area contributed by atoms with E-state index in [9.17, 15) is 22.8 Å². The number of carbonyl (C=O) groups is 2. The second-order valence-corrected chi connectivity index (χ2v) is 11.1. The van der Waals surface area contributed by atoms with Crippen molar-refractivity contribution in [2.45, 2.75) is 51.8 Å². The first-order valence-electron chi connectivity index (χ1n) is 14.5. The number of aromatic nitrogens is 1. The normalized spacial score (nSPS) is 12.3. The maximum atomic E-state index is 12.9. The van der Waals surface area contributed by atoms with Crippen LogP contribution in [0.5, 0.6) is 5.75 Å². The van der Waals surface area contributed by atoms with Crippen molar-refractivity contribution in [3.8, 4) is 17.0 Å². The first kappa shape index (κ1) is 32.7. The second-order valence-electron chi connectivity index (χ2n) is 10.3. The van der Waals surface area contributed by atoms with Crippen molar-refractivity contribution in [2.24, 2.45) is 5.92 Å². The van der Waals surface area contributed by atoms with Crippen LogP contribution in [0.15, 0.2) is 84.3 Å². The SMILES string of the molecule is CCOC(=O)c1ccc(CC(/C=C/c2ccccc2OCc2ccc(-c3csc(C(F)(F)F)n3)cc2)CCCCC=O)cc1. The molecular weight excluding hydrogens is 587 g/mol. The van der Waals surface area contributed by atoms with E-state index < -0.39 is 11.2 Å². The summed E-state index contributed by atoms with van der Waals surface area (Å²) < 4.78 is 50.0. The number of nitrogens with zero attached hydrogens (tertiary/aromatic N) is 1. The van der Waals surface area contributed by atoms with Crippen LogP contribution in [-0.4, -0.2) is 23.8 Å². The van der Waals surface area contributed by atoms with E-state index in [4.69, 9.17) is 9.47 Å². The molecule has 0 amide bonds. The maximum Gasteiger partial charge on any atom is 0.443 e. The number of halogens is 3. The molecule has 1 unspecified atom stereocenters. The molecule has 5 nitrogen and oxygen atoms in total. The highest BCUT2D eigenvalue weighted by atomic mass is 32.1. The average Bonchev–Trinajstić information content (AvgIpc) is 3.53. The van der Waals surface area contributed by atoms with E-state index in [0.717, 1.165) is 48.7 Å². The summed E-state index contributed by atoms with van der Waals surface area (Å²) in [5.41, 5.74) is 4.32. The van der Waals surface area contributed by atoms with Crippen molar-refractivity contribution in [2.75, 3.05) is 6.61 Å². The molecule has 4 aromatic rings. The predicted molar refractivity (Wildman–Crippen MR) is 166 cm³/mol. The monoisotopic (exact) mass is 621 g/mol. The van der Waals surface area contributed by atoms with Crippen LogP contribution >= 0.6 is 11.3 Å². The highest BCUT2D eigenvalue weighted by Crippen LogP contribution is 2.34. The Kier molecular flexibility index (Phi) is 11.9. The largest absolute Gasteiger partial charge is 0.488 e. The molecule has 0 spiro atoms. The summed E-state index contributed by atoms with van der Waals surface area (Å²) in [5.74, 6) is 0.579. The highest BCUT2D eigenvalue weighted by Gasteiger charge is 2.34. The zero-order chi connectivity index (χ0) is 31.4. The number of allylic oxidation sites excluding steroid dienone is 1. The topological polar surface area (TPSA) is 65.5 Å². The first-order chi connectivity index (χ1) is 21.3. The molecule has 3 aromatic carbocycles. The lowest BCUT2D eigenvalue weighted by molar-refractivity contribution is -0.137. The molecule has 9 heteroatoms. The van der Waals surface area contributed by atoms with E-state index in [0.29, 0.717) is 46.9 Å². The van der Waals surface area contributed by atoms with E-state index in [1.54, 1.807) is 31.2 Å². The number of esters is 1. The molecule has 1 atom stereocenters. The summed E-state index contributed by atoms with van der Waals surface area (Å²) in [4.78, 5) is 26.5. The van der Waals surface area contributed by atoms with Crippen molar-refractivity contribution in [3.05, 3.63) is 112 Å². The van der Waals surface area contributed by atoms with Gasteiger partial charge in [-0.05, 0) is 61.4 Å². The zero-order valence-corrected chi connectivity index (χ0v) is 25.2. The van der Waals surface area contributed by atoms with Crippen LogP contribution < -0.4 is 4.74 Å². The Bertz CT molecular complexity index is 1530. The van der Waals surface area contributed by atoms with Crippen LogP contribution in [0.2, 0.25) is 0 Å². The molecule has 44 heavy (non-hydrogen) atoms. The Labute approximate surface area is 259 Å². The van der Waals surface area contributed by atoms with Gasteiger partial charge in [0.15, 0.2) is 5.01 Å². The highest BCUT2D eigenvalue weighted by molar-refractivity contribution is 7.10. The standard InChI is InChI=1S/C35H34F3NO4S/c1-2-42-33(41)30-19-12-26(13-20-30)22-25(8-4-3-7-21-40)11-18-29-9-5-6-10-32(29)43-23-27-14-16-28(17-15-27)31-24-44-34(39-31)35(36,37)38/h5-6,9-21,24-25H,2-4,7-8,22-23H2,1H3/b18-11+. The zero-order valence-electron chi connectivity index (χ0n) is 24.4. The third-order valence-corrected chi connectivity index (χ3v) is 7.85. The fourth-order valence-corrected chi connectivity index (χ4v) is 5.35. The fraction of sp³-hybridized carbons (Fsp3) is 0.286. The first-order valence-corrected chi connectivity index (χ1v) is 15.4. The van der Waals surface area contributed by atoms with E-state index in [1.807, 2.05) is 48.5 Å². The molecule has 4 rings (SSSR count). The minimum Gasteiger partial charge on any atom is -0.488 e. The van der Waals surface area contributed by atoms with Gasteiger partial charge in [0.2, 0.25) is 0 Å². The number of hydrogen-bond donors (Lipinski definition) is 0. The van der Waals surface area contributed by atoms with Gasteiger partial charge in [-0.3, -0.25) is 0 Å². The molecule has 0 bridgehead atoms. The molecule has 0 aliphatic carbocycles. The van der Waals surface area contributed by atoms with Crippen LogP contribution in [0.25, 0.3) is 17.3 Å². The number of para-hydroxylation sites is 1. The number of benzene rings is 3. The summed E-state index contributed by atoms with van der Waals surface area (Å²) in [5, 5.41) is 0.546. The smallest absolute Gasteiger partial charge is 0.443 e. The van der Waals surface area contributed by atoms with Gasteiger partial charge in [0.1, 0.15) is 18.6 Å². The van der Waals surface area contributed by atoms with E-state index in [1.165, 1.54) is 5.38 Å². The molecule has 1 aromatic heterocycles. The van der Waals surface area contributed by atoms with Gasteiger partial charge in [-0.1, -0.05) is 73.2 Å². The van der Waals surface area contributed by atoms with E-state index in [2.05, 4.69) is 17.1 Å². The molecule has 1 heterocycles. The Balaban J connectivity index is 1.41. The molecule has 0 fully saturated rings. The molecule has 0 N–H and O–H groups in total. The summed E-state index contributed by atoms with van der Waals surface area (Å²) >= 11 is 0.583. The van der Waals surface area contributed by atoms with Crippen LogP contribution in [0.1, 0.15) is 64.7 Å². The summed E-state index contributed by atoms with van der Waals surface area (Å²) in [7, 11) is 0. The molecule has 0 radical (unpaired) electrons. The molecule has 0 aliphatic heterocycles. The van der Waals surface area contributed by atoms with Crippen LogP contribution in [0.3, 0.4) is 0 Å². The molecule has 0 saturated heterocycles. The Hall–Kier alpha value is -4.24. The minimum atomic E-state index is -4.45.